The van der Waals surface area contributed by atoms with E-state index in [2.05, 4.69) is 4.90 Å². The first-order chi connectivity index (χ1) is 8.16. The van der Waals surface area contributed by atoms with Gasteiger partial charge in [-0.2, -0.15) is 0 Å². The molecule has 0 unspecified atom stereocenters. The van der Waals surface area contributed by atoms with Crippen molar-refractivity contribution >= 4 is 5.78 Å². The van der Waals surface area contributed by atoms with Crippen molar-refractivity contribution in [2.75, 3.05) is 13.1 Å². The summed E-state index contributed by atoms with van der Waals surface area (Å²) >= 11 is 0. The number of hydrogen-bond donors (Lipinski definition) is 0. The number of rotatable bonds is 3. The number of ketones is 1. The number of nitrogens with zero attached hydrogens (tertiary/aromatic N) is 1. The molecule has 1 fully saturated rings. The standard InChI is InChI=1S/C14H19NO2/c1-11(15-8-4-3-5-9-15)10-13(16)14-7-6-12(2)17-14/h6-7,10H,3-5,8-9H2,1-2H3/b11-10+. The first kappa shape index (κ1) is 12.0. The highest BCUT2D eigenvalue weighted by Gasteiger charge is 2.13. The smallest absolute Gasteiger partial charge is 0.222 e. The number of carbonyl (C=O) groups excluding carboxylic acids is 1. The third kappa shape index (κ3) is 2.99. The second kappa shape index (κ2) is 5.21. The minimum Gasteiger partial charge on any atom is -0.458 e. The molecule has 1 aliphatic rings. The lowest BCUT2D eigenvalue weighted by atomic mass is 10.1. The Morgan fingerprint density at radius 1 is 1.29 bits per heavy atom. The maximum absolute atomic E-state index is 11.9. The van der Waals surface area contributed by atoms with Crippen molar-refractivity contribution < 1.29 is 9.21 Å². The minimum atomic E-state index is -0.0406. The zero-order valence-corrected chi connectivity index (χ0v) is 10.5. The largest absolute Gasteiger partial charge is 0.458 e. The van der Waals surface area contributed by atoms with E-state index < -0.39 is 0 Å². The van der Waals surface area contributed by atoms with Crippen molar-refractivity contribution in [2.45, 2.75) is 33.1 Å². The summed E-state index contributed by atoms with van der Waals surface area (Å²) in [6.45, 7) is 5.97. The summed E-state index contributed by atoms with van der Waals surface area (Å²) in [7, 11) is 0. The van der Waals surface area contributed by atoms with Crippen LogP contribution in [0.3, 0.4) is 0 Å². The number of carbonyl (C=O) groups is 1. The van der Waals surface area contributed by atoms with Gasteiger partial charge in [0.05, 0.1) is 0 Å². The van der Waals surface area contributed by atoms with E-state index >= 15 is 0 Å². The fourth-order valence-corrected chi connectivity index (χ4v) is 2.17. The van der Waals surface area contributed by atoms with E-state index in [-0.39, 0.29) is 5.78 Å². The fraction of sp³-hybridized carbons (Fsp3) is 0.500. The second-order valence-electron chi connectivity index (χ2n) is 4.61. The summed E-state index contributed by atoms with van der Waals surface area (Å²) < 4.78 is 5.32. The predicted molar refractivity (Wildman–Crippen MR) is 67.0 cm³/mol. The molecule has 1 aromatic rings. The normalized spacial score (nSPS) is 17.3. The molecule has 3 nitrogen and oxygen atoms in total. The van der Waals surface area contributed by atoms with Gasteiger partial charge in [0.2, 0.25) is 5.78 Å². The molecule has 3 heteroatoms. The molecule has 0 spiro atoms. The van der Waals surface area contributed by atoms with Gasteiger partial charge in [0.15, 0.2) is 5.76 Å². The maximum atomic E-state index is 11.9. The molecule has 0 N–H and O–H groups in total. The molecule has 2 heterocycles. The van der Waals surface area contributed by atoms with Gasteiger partial charge in [-0.05, 0) is 45.2 Å². The molecule has 0 aromatic carbocycles. The fourth-order valence-electron chi connectivity index (χ4n) is 2.17. The van der Waals surface area contributed by atoms with Crippen LogP contribution >= 0.6 is 0 Å². The number of furan rings is 1. The second-order valence-corrected chi connectivity index (χ2v) is 4.61. The van der Waals surface area contributed by atoms with Gasteiger partial charge >= 0.3 is 0 Å². The van der Waals surface area contributed by atoms with E-state index in [0.717, 1.165) is 24.5 Å². The van der Waals surface area contributed by atoms with Gasteiger partial charge in [-0.15, -0.1) is 0 Å². The lowest BCUT2D eigenvalue weighted by Gasteiger charge is -2.29. The molecule has 0 amide bonds. The van der Waals surface area contributed by atoms with Gasteiger partial charge in [0, 0.05) is 24.9 Å². The summed E-state index contributed by atoms with van der Waals surface area (Å²) in [6, 6.07) is 3.55. The monoisotopic (exact) mass is 233 g/mol. The van der Waals surface area contributed by atoms with Crippen molar-refractivity contribution in [1.82, 2.24) is 4.90 Å². The highest BCUT2D eigenvalue weighted by Crippen LogP contribution is 2.15. The van der Waals surface area contributed by atoms with Gasteiger partial charge in [-0.3, -0.25) is 4.79 Å². The quantitative estimate of drug-likeness (QED) is 0.594. The molecule has 2 rings (SSSR count). The van der Waals surface area contributed by atoms with Gasteiger partial charge in [0.25, 0.3) is 0 Å². The van der Waals surface area contributed by atoms with E-state index in [9.17, 15) is 4.79 Å². The van der Waals surface area contributed by atoms with Crippen LogP contribution in [-0.2, 0) is 0 Å². The molecule has 0 radical (unpaired) electrons. The number of aryl methyl sites for hydroxylation is 1. The molecule has 0 aliphatic carbocycles. The van der Waals surface area contributed by atoms with Crippen LogP contribution in [0.15, 0.2) is 28.3 Å². The van der Waals surface area contributed by atoms with Crippen LogP contribution in [0.1, 0.15) is 42.5 Å². The lowest BCUT2D eigenvalue weighted by molar-refractivity contribution is 0.101. The molecule has 0 saturated carbocycles. The molecule has 0 atom stereocenters. The van der Waals surface area contributed by atoms with Gasteiger partial charge in [0.1, 0.15) is 5.76 Å². The molecule has 1 saturated heterocycles. The SMILES string of the molecule is C/C(=C\C(=O)c1ccc(C)o1)N1CCCCC1. The average Bonchev–Trinajstić information content (AvgIpc) is 2.77. The van der Waals surface area contributed by atoms with E-state index in [1.54, 1.807) is 12.1 Å². The van der Waals surface area contributed by atoms with Crippen LogP contribution in [0.2, 0.25) is 0 Å². The van der Waals surface area contributed by atoms with Crippen LogP contribution in [0.4, 0.5) is 0 Å². The highest BCUT2D eigenvalue weighted by molar-refractivity contribution is 6.02. The maximum Gasteiger partial charge on any atom is 0.222 e. The molecule has 92 valence electrons. The van der Waals surface area contributed by atoms with Crippen molar-refractivity contribution in [2.24, 2.45) is 0 Å². The Labute approximate surface area is 102 Å². The minimum absolute atomic E-state index is 0.0406. The molecular weight excluding hydrogens is 214 g/mol. The van der Waals surface area contributed by atoms with E-state index in [0.29, 0.717) is 5.76 Å². The van der Waals surface area contributed by atoms with E-state index in [1.165, 1.54) is 19.3 Å². The average molecular weight is 233 g/mol. The lowest BCUT2D eigenvalue weighted by Crippen LogP contribution is -2.28. The van der Waals surface area contributed by atoms with Crippen molar-refractivity contribution in [3.8, 4) is 0 Å². The summed E-state index contributed by atoms with van der Waals surface area (Å²) in [5, 5.41) is 0. The topological polar surface area (TPSA) is 33.5 Å². The van der Waals surface area contributed by atoms with Crippen molar-refractivity contribution in [3.63, 3.8) is 0 Å². The Bertz CT molecular complexity index is 425. The first-order valence-electron chi connectivity index (χ1n) is 6.21. The Kier molecular flexibility index (Phi) is 3.67. The zero-order valence-electron chi connectivity index (χ0n) is 10.5. The summed E-state index contributed by atoms with van der Waals surface area (Å²) in [4.78, 5) is 14.2. The van der Waals surface area contributed by atoms with Crippen LogP contribution in [0.5, 0.6) is 0 Å². The van der Waals surface area contributed by atoms with E-state index in [4.69, 9.17) is 4.42 Å². The number of allylic oxidation sites excluding steroid dienone is 2. The van der Waals surface area contributed by atoms with Crippen molar-refractivity contribution in [1.29, 1.82) is 0 Å². The Morgan fingerprint density at radius 3 is 2.59 bits per heavy atom. The molecule has 17 heavy (non-hydrogen) atoms. The Hall–Kier alpha value is -1.51. The van der Waals surface area contributed by atoms with Crippen LogP contribution < -0.4 is 0 Å². The molecule has 0 bridgehead atoms. The summed E-state index contributed by atoms with van der Waals surface area (Å²) in [5.41, 5.74) is 1.05. The van der Waals surface area contributed by atoms with Gasteiger partial charge < -0.3 is 9.32 Å². The third-order valence-electron chi connectivity index (χ3n) is 3.18. The number of hydrogen-bond acceptors (Lipinski definition) is 3. The predicted octanol–water partition coefficient (Wildman–Crippen LogP) is 3.16. The number of likely N-dealkylation sites (tertiary alicyclic amines) is 1. The van der Waals surface area contributed by atoms with Crippen LogP contribution in [-0.4, -0.2) is 23.8 Å². The Morgan fingerprint density at radius 2 is 2.00 bits per heavy atom. The highest BCUT2D eigenvalue weighted by atomic mass is 16.3. The Balaban J connectivity index is 2.05. The van der Waals surface area contributed by atoms with Gasteiger partial charge in [-0.1, -0.05) is 0 Å². The van der Waals surface area contributed by atoms with Gasteiger partial charge in [-0.25, -0.2) is 0 Å². The molecule has 1 aliphatic heterocycles. The molecule has 1 aromatic heterocycles. The van der Waals surface area contributed by atoms with E-state index in [1.807, 2.05) is 19.9 Å². The third-order valence-corrected chi connectivity index (χ3v) is 3.18. The summed E-state index contributed by atoms with van der Waals surface area (Å²) in [5.74, 6) is 1.16. The van der Waals surface area contributed by atoms with Crippen molar-refractivity contribution in [3.05, 3.63) is 35.4 Å². The number of piperidine rings is 1. The van der Waals surface area contributed by atoms with Crippen LogP contribution in [0, 0.1) is 6.92 Å². The molecular formula is C14H19NO2. The zero-order chi connectivity index (χ0) is 12.3. The first-order valence-corrected chi connectivity index (χ1v) is 6.21. The van der Waals surface area contributed by atoms with Crippen LogP contribution in [0.25, 0.3) is 0 Å². The summed E-state index contributed by atoms with van der Waals surface area (Å²) in [6.07, 6.45) is 5.43.